The summed E-state index contributed by atoms with van der Waals surface area (Å²) in [5, 5.41) is 15.9. The zero-order valence-corrected chi connectivity index (χ0v) is 14.5. The molecule has 0 saturated carbocycles. The lowest BCUT2D eigenvalue weighted by molar-refractivity contribution is -0.119. The first kappa shape index (κ1) is 17.6. The van der Waals surface area contributed by atoms with Gasteiger partial charge in [-0.25, -0.2) is 14.2 Å². The van der Waals surface area contributed by atoms with Crippen molar-refractivity contribution in [3.05, 3.63) is 30.3 Å². The van der Waals surface area contributed by atoms with Gasteiger partial charge >= 0.3 is 6.09 Å². The summed E-state index contributed by atoms with van der Waals surface area (Å²) in [4.78, 5) is 28.5. The van der Waals surface area contributed by atoms with E-state index in [1.807, 2.05) is 0 Å². The van der Waals surface area contributed by atoms with Crippen LogP contribution in [0, 0.1) is 5.82 Å². The number of halogens is 1. The second-order valence-electron chi connectivity index (χ2n) is 5.99. The lowest BCUT2D eigenvalue weighted by Crippen LogP contribution is -2.33. The average molecular weight is 387 g/mol. The van der Waals surface area contributed by atoms with Crippen molar-refractivity contribution < 1.29 is 23.1 Å². The van der Waals surface area contributed by atoms with Gasteiger partial charge in [0.15, 0.2) is 5.69 Å². The van der Waals surface area contributed by atoms with Crippen molar-refractivity contribution in [2.45, 2.75) is 13.0 Å². The highest BCUT2D eigenvalue weighted by Gasteiger charge is 2.33. The molecule has 2 N–H and O–H groups in total. The summed E-state index contributed by atoms with van der Waals surface area (Å²) in [6.07, 6.45) is 0.166. The number of tetrazole rings is 1. The molecule has 4 rings (SSSR count). The van der Waals surface area contributed by atoms with Gasteiger partial charge in [0.1, 0.15) is 18.2 Å². The van der Waals surface area contributed by atoms with E-state index in [1.165, 1.54) is 30.2 Å². The Hall–Kier alpha value is -3.83. The van der Waals surface area contributed by atoms with Crippen molar-refractivity contribution in [3.63, 3.8) is 0 Å². The van der Waals surface area contributed by atoms with E-state index in [4.69, 9.17) is 9.15 Å². The van der Waals surface area contributed by atoms with Crippen LogP contribution >= 0.6 is 0 Å². The van der Waals surface area contributed by atoms with Gasteiger partial charge in [-0.1, -0.05) is 0 Å². The van der Waals surface area contributed by atoms with E-state index in [2.05, 4.69) is 30.9 Å². The minimum Gasteiger partial charge on any atom is -0.444 e. The Kier molecular flexibility index (Phi) is 4.43. The molecular weight excluding hydrogens is 373 g/mol. The number of amides is 2. The summed E-state index contributed by atoms with van der Waals surface area (Å²) in [5.74, 6) is -0.596. The molecule has 0 spiro atoms. The molecule has 11 nitrogen and oxygen atoms in total. The summed E-state index contributed by atoms with van der Waals surface area (Å²) in [7, 11) is 0. The number of cyclic esters (lactones) is 1. The Labute approximate surface area is 156 Å². The number of nitrogens with zero attached hydrogens (tertiary/aromatic N) is 5. The third-order valence-corrected chi connectivity index (χ3v) is 4.03. The van der Waals surface area contributed by atoms with E-state index < -0.39 is 18.0 Å². The normalized spacial score (nSPS) is 16.3. The molecule has 0 radical (unpaired) electrons. The number of anilines is 1. The molecule has 3 heterocycles. The van der Waals surface area contributed by atoms with Gasteiger partial charge in [0.2, 0.25) is 17.6 Å². The minimum absolute atomic E-state index is 0.0383. The highest BCUT2D eigenvalue weighted by Crippen LogP contribution is 2.29. The molecular formula is C16H14FN7O4. The Morgan fingerprint density at radius 2 is 2.32 bits per heavy atom. The molecule has 0 aliphatic carbocycles. The number of oxazole rings is 1. The SMILES string of the molecule is CC(=O)NCC1CN(c2ccc(-c3nc(-c4nn[nH]n4)co3)c(F)c2)C(=O)O1. The van der Waals surface area contributed by atoms with Gasteiger partial charge < -0.3 is 14.5 Å². The fraction of sp³-hybridized carbons (Fsp3) is 0.250. The van der Waals surface area contributed by atoms with Crippen molar-refractivity contribution in [1.29, 1.82) is 0 Å². The van der Waals surface area contributed by atoms with Gasteiger partial charge in [-0.05, 0) is 23.4 Å². The van der Waals surface area contributed by atoms with Crippen LogP contribution in [0.5, 0.6) is 0 Å². The highest BCUT2D eigenvalue weighted by atomic mass is 19.1. The third kappa shape index (κ3) is 3.39. The van der Waals surface area contributed by atoms with Gasteiger partial charge in [0, 0.05) is 6.92 Å². The van der Waals surface area contributed by atoms with Gasteiger partial charge in [0.25, 0.3) is 0 Å². The number of carbonyl (C=O) groups is 2. The summed E-state index contributed by atoms with van der Waals surface area (Å²) >= 11 is 0. The Bertz CT molecular complexity index is 1020. The first-order valence-electron chi connectivity index (χ1n) is 8.23. The predicted molar refractivity (Wildman–Crippen MR) is 91.4 cm³/mol. The summed E-state index contributed by atoms with van der Waals surface area (Å²) < 4.78 is 25.1. The second-order valence-corrected chi connectivity index (χ2v) is 5.99. The van der Waals surface area contributed by atoms with Crippen LogP contribution in [0.2, 0.25) is 0 Å². The molecule has 144 valence electrons. The van der Waals surface area contributed by atoms with E-state index >= 15 is 0 Å². The van der Waals surface area contributed by atoms with Gasteiger partial charge in [-0.2, -0.15) is 5.21 Å². The maximum Gasteiger partial charge on any atom is 0.414 e. The number of H-pyrrole nitrogens is 1. The molecule has 12 heteroatoms. The Morgan fingerprint density at radius 3 is 3.04 bits per heavy atom. The number of hydrogen-bond donors (Lipinski definition) is 2. The number of rotatable bonds is 5. The van der Waals surface area contributed by atoms with Crippen LogP contribution in [0.4, 0.5) is 14.9 Å². The average Bonchev–Trinajstić information content (AvgIpc) is 3.40. The van der Waals surface area contributed by atoms with Crippen LogP contribution in [0.1, 0.15) is 6.92 Å². The van der Waals surface area contributed by atoms with Crippen molar-refractivity contribution >= 4 is 17.7 Å². The van der Waals surface area contributed by atoms with E-state index in [9.17, 15) is 14.0 Å². The molecule has 1 fully saturated rings. The van der Waals surface area contributed by atoms with Crippen LogP contribution in [0.15, 0.2) is 28.9 Å². The van der Waals surface area contributed by atoms with Gasteiger partial charge in [0.05, 0.1) is 24.3 Å². The smallest absolute Gasteiger partial charge is 0.414 e. The molecule has 1 unspecified atom stereocenters. The van der Waals surface area contributed by atoms with E-state index in [-0.39, 0.29) is 36.3 Å². The highest BCUT2D eigenvalue weighted by molar-refractivity contribution is 5.90. The number of hydrogen-bond acceptors (Lipinski definition) is 8. The molecule has 3 aromatic rings. The lowest BCUT2D eigenvalue weighted by Gasteiger charge is -2.13. The Morgan fingerprint density at radius 1 is 1.46 bits per heavy atom. The summed E-state index contributed by atoms with van der Waals surface area (Å²) in [5.41, 5.74) is 0.735. The Balaban J connectivity index is 1.52. The van der Waals surface area contributed by atoms with Crippen LogP contribution < -0.4 is 10.2 Å². The van der Waals surface area contributed by atoms with Crippen molar-refractivity contribution in [3.8, 4) is 23.0 Å². The zero-order valence-electron chi connectivity index (χ0n) is 14.5. The van der Waals surface area contributed by atoms with Crippen molar-refractivity contribution in [2.75, 3.05) is 18.0 Å². The fourth-order valence-corrected chi connectivity index (χ4v) is 2.71. The molecule has 28 heavy (non-hydrogen) atoms. The molecule has 1 atom stereocenters. The first-order valence-corrected chi connectivity index (χ1v) is 8.23. The molecule has 1 saturated heterocycles. The maximum absolute atomic E-state index is 14.6. The molecule has 2 aromatic heterocycles. The molecule has 1 aromatic carbocycles. The number of carbonyl (C=O) groups excluding carboxylic acids is 2. The summed E-state index contributed by atoms with van der Waals surface area (Å²) in [6, 6.07) is 4.19. The van der Waals surface area contributed by atoms with E-state index in [1.54, 1.807) is 6.07 Å². The van der Waals surface area contributed by atoms with Gasteiger partial charge in [-0.3, -0.25) is 9.69 Å². The molecule has 0 bridgehead atoms. The zero-order chi connectivity index (χ0) is 19.7. The number of aromatic amines is 1. The minimum atomic E-state index is -0.628. The monoisotopic (exact) mass is 387 g/mol. The number of ether oxygens (including phenoxy) is 1. The fourth-order valence-electron chi connectivity index (χ4n) is 2.71. The van der Waals surface area contributed by atoms with E-state index in [0.717, 1.165) is 0 Å². The van der Waals surface area contributed by atoms with Gasteiger partial charge in [-0.15, -0.1) is 10.2 Å². The number of aromatic nitrogens is 5. The molecule has 2 amide bonds. The second kappa shape index (κ2) is 7.06. The summed E-state index contributed by atoms with van der Waals surface area (Å²) in [6.45, 7) is 1.75. The van der Waals surface area contributed by atoms with Crippen LogP contribution in [0.25, 0.3) is 23.0 Å². The van der Waals surface area contributed by atoms with E-state index in [0.29, 0.717) is 11.4 Å². The first-order chi connectivity index (χ1) is 13.5. The predicted octanol–water partition coefficient (Wildman–Crippen LogP) is 1.12. The topological polar surface area (TPSA) is 139 Å². The van der Waals surface area contributed by atoms with Crippen LogP contribution in [-0.4, -0.2) is 56.8 Å². The lowest BCUT2D eigenvalue weighted by atomic mass is 10.1. The van der Waals surface area contributed by atoms with Crippen molar-refractivity contribution in [1.82, 2.24) is 30.9 Å². The van der Waals surface area contributed by atoms with Crippen molar-refractivity contribution in [2.24, 2.45) is 0 Å². The van der Waals surface area contributed by atoms with Crippen LogP contribution in [-0.2, 0) is 9.53 Å². The maximum atomic E-state index is 14.6. The molecule has 1 aliphatic rings. The standard InChI is InChI=1S/C16H14FN7O4/c1-8(25)18-5-10-6-24(16(26)28-10)9-2-3-11(12(17)4-9)15-19-13(7-27-15)14-20-22-23-21-14/h2-4,7,10H,5-6H2,1H3,(H,18,25)(H,20,21,22,23). The quantitative estimate of drug-likeness (QED) is 0.664. The number of benzene rings is 1. The number of nitrogens with one attached hydrogen (secondary N) is 2. The third-order valence-electron chi connectivity index (χ3n) is 4.03. The largest absolute Gasteiger partial charge is 0.444 e. The van der Waals surface area contributed by atoms with Crippen LogP contribution in [0.3, 0.4) is 0 Å². The molecule has 1 aliphatic heterocycles.